The van der Waals surface area contributed by atoms with Crippen LogP contribution in [-0.2, 0) is 16.1 Å². The summed E-state index contributed by atoms with van der Waals surface area (Å²) in [6, 6.07) is 10.4. The number of hydrogen-bond acceptors (Lipinski definition) is 5. The molecule has 6 nitrogen and oxygen atoms in total. The molecule has 4 unspecified atom stereocenters. The maximum Gasteiger partial charge on any atom is 0.238 e. The van der Waals surface area contributed by atoms with Crippen molar-refractivity contribution in [3.8, 4) is 0 Å². The molecule has 132 valence electrons. The number of benzene rings is 1. The van der Waals surface area contributed by atoms with Gasteiger partial charge in [0.2, 0.25) is 5.91 Å². The molecule has 4 N–H and O–H groups in total. The van der Waals surface area contributed by atoms with Crippen molar-refractivity contribution in [2.45, 2.75) is 32.0 Å². The maximum atomic E-state index is 12.4. The van der Waals surface area contributed by atoms with Crippen LogP contribution in [0.3, 0.4) is 0 Å². The standard InChI is InChI=1S/C18H28N4O2/c1-13(11-24-12-14-5-3-2-4-6-14)9-20-18(23)17-15-10-19-8-7-16(15)21-22-17/h2-6,13,15-17,19,21-22H,7-12H2,1H3,(H,20,23). The van der Waals surface area contributed by atoms with Gasteiger partial charge in [-0.1, -0.05) is 37.3 Å². The van der Waals surface area contributed by atoms with Crippen molar-refractivity contribution in [2.75, 3.05) is 26.2 Å². The molecule has 2 heterocycles. The molecule has 1 aromatic carbocycles. The lowest BCUT2D eigenvalue weighted by atomic mass is 9.89. The van der Waals surface area contributed by atoms with E-state index in [2.05, 4.69) is 40.5 Å². The van der Waals surface area contributed by atoms with Gasteiger partial charge in [-0.3, -0.25) is 10.2 Å². The fraction of sp³-hybridized carbons (Fsp3) is 0.611. The van der Waals surface area contributed by atoms with E-state index in [1.807, 2.05) is 18.2 Å². The van der Waals surface area contributed by atoms with Gasteiger partial charge in [-0.05, 0) is 24.4 Å². The minimum Gasteiger partial charge on any atom is -0.376 e. The van der Waals surface area contributed by atoms with Crippen molar-refractivity contribution in [2.24, 2.45) is 11.8 Å². The van der Waals surface area contributed by atoms with E-state index in [1.165, 1.54) is 5.56 Å². The van der Waals surface area contributed by atoms with Crippen molar-refractivity contribution < 1.29 is 9.53 Å². The summed E-state index contributed by atoms with van der Waals surface area (Å²) in [6.45, 7) is 5.88. The fourth-order valence-electron chi connectivity index (χ4n) is 3.37. The molecule has 24 heavy (non-hydrogen) atoms. The molecular weight excluding hydrogens is 304 g/mol. The number of fused-ring (bicyclic) bond motifs is 1. The van der Waals surface area contributed by atoms with Crippen LogP contribution in [0, 0.1) is 11.8 Å². The summed E-state index contributed by atoms with van der Waals surface area (Å²) in [5.74, 6) is 0.685. The van der Waals surface area contributed by atoms with Crippen LogP contribution in [0.15, 0.2) is 30.3 Å². The lowest BCUT2D eigenvalue weighted by Crippen LogP contribution is -2.50. The van der Waals surface area contributed by atoms with Gasteiger partial charge in [-0.25, -0.2) is 5.43 Å². The third kappa shape index (κ3) is 4.54. The second kappa shape index (κ2) is 8.58. The van der Waals surface area contributed by atoms with Gasteiger partial charge >= 0.3 is 0 Å². The number of carbonyl (C=O) groups excluding carboxylic acids is 1. The average molecular weight is 332 g/mol. The van der Waals surface area contributed by atoms with Gasteiger partial charge in [-0.2, -0.15) is 0 Å². The van der Waals surface area contributed by atoms with Crippen LogP contribution in [0.2, 0.25) is 0 Å². The molecule has 4 atom stereocenters. The Bertz CT molecular complexity index is 525. The fourth-order valence-corrected chi connectivity index (χ4v) is 3.37. The third-order valence-corrected chi connectivity index (χ3v) is 4.80. The lowest BCUT2D eigenvalue weighted by molar-refractivity contribution is -0.124. The van der Waals surface area contributed by atoms with Gasteiger partial charge in [-0.15, -0.1) is 0 Å². The van der Waals surface area contributed by atoms with Crippen LogP contribution in [-0.4, -0.2) is 44.2 Å². The Hall–Kier alpha value is -1.47. The smallest absolute Gasteiger partial charge is 0.238 e. The molecule has 6 heteroatoms. The predicted octanol–water partition coefficient (Wildman–Crippen LogP) is 0.410. The summed E-state index contributed by atoms with van der Waals surface area (Å²) in [4.78, 5) is 12.4. The summed E-state index contributed by atoms with van der Waals surface area (Å²) in [5.41, 5.74) is 7.58. The number of piperidine rings is 1. The molecule has 2 saturated heterocycles. The normalized spacial score (nSPS) is 27.5. The van der Waals surface area contributed by atoms with E-state index in [0.29, 0.717) is 31.7 Å². The number of rotatable bonds is 7. The zero-order valence-corrected chi connectivity index (χ0v) is 14.3. The first kappa shape index (κ1) is 17.4. The van der Waals surface area contributed by atoms with Crippen molar-refractivity contribution in [3.63, 3.8) is 0 Å². The largest absolute Gasteiger partial charge is 0.376 e. The lowest BCUT2D eigenvalue weighted by Gasteiger charge is -2.27. The van der Waals surface area contributed by atoms with Crippen molar-refractivity contribution in [1.82, 2.24) is 21.5 Å². The molecule has 1 aromatic rings. The van der Waals surface area contributed by atoms with E-state index < -0.39 is 0 Å². The second-order valence-corrected chi connectivity index (χ2v) is 6.88. The Balaban J connectivity index is 1.35. The Morgan fingerprint density at radius 2 is 2.17 bits per heavy atom. The van der Waals surface area contributed by atoms with Gasteiger partial charge in [0, 0.05) is 25.0 Å². The molecular formula is C18H28N4O2. The van der Waals surface area contributed by atoms with E-state index in [0.717, 1.165) is 19.5 Å². The third-order valence-electron chi connectivity index (χ3n) is 4.80. The number of amides is 1. The van der Waals surface area contributed by atoms with Gasteiger partial charge < -0.3 is 15.4 Å². The van der Waals surface area contributed by atoms with Crippen LogP contribution in [0.25, 0.3) is 0 Å². The monoisotopic (exact) mass is 332 g/mol. The van der Waals surface area contributed by atoms with Crippen LogP contribution in [0.4, 0.5) is 0 Å². The Morgan fingerprint density at radius 1 is 1.33 bits per heavy atom. The maximum absolute atomic E-state index is 12.4. The summed E-state index contributed by atoms with van der Waals surface area (Å²) < 4.78 is 5.74. The molecule has 0 aromatic heterocycles. The zero-order valence-electron chi connectivity index (χ0n) is 14.3. The highest BCUT2D eigenvalue weighted by atomic mass is 16.5. The molecule has 3 rings (SSSR count). The average Bonchev–Trinajstić information content (AvgIpc) is 3.05. The molecule has 0 radical (unpaired) electrons. The Labute approximate surface area is 143 Å². The first-order valence-electron chi connectivity index (χ1n) is 8.85. The van der Waals surface area contributed by atoms with Crippen molar-refractivity contribution in [3.05, 3.63) is 35.9 Å². The minimum atomic E-state index is -0.153. The molecule has 0 aliphatic carbocycles. The van der Waals surface area contributed by atoms with Gasteiger partial charge in [0.15, 0.2) is 0 Å². The highest BCUT2D eigenvalue weighted by Gasteiger charge is 2.40. The van der Waals surface area contributed by atoms with Crippen LogP contribution in [0.1, 0.15) is 18.9 Å². The minimum absolute atomic E-state index is 0.0774. The number of hydrazine groups is 1. The summed E-state index contributed by atoms with van der Waals surface area (Å²) in [7, 11) is 0. The molecule has 0 saturated carbocycles. The SMILES string of the molecule is CC(CNC(=O)C1NNC2CCNCC21)COCc1ccccc1. The van der Waals surface area contributed by atoms with Crippen molar-refractivity contribution in [1.29, 1.82) is 0 Å². The van der Waals surface area contributed by atoms with Crippen LogP contribution < -0.4 is 21.5 Å². The predicted molar refractivity (Wildman–Crippen MR) is 93.1 cm³/mol. The summed E-state index contributed by atoms with van der Waals surface area (Å²) in [5, 5.41) is 6.43. The highest BCUT2D eigenvalue weighted by molar-refractivity contribution is 5.82. The number of hydrogen-bond donors (Lipinski definition) is 4. The molecule has 0 spiro atoms. The van der Waals surface area contributed by atoms with E-state index in [4.69, 9.17) is 4.74 Å². The number of carbonyl (C=O) groups is 1. The topological polar surface area (TPSA) is 74.4 Å². The number of nitrogens with one attached hydrogen (secondary N) is 4. The summed E-state index contributed by atoms with van der Waals surface area (Å²) in [6.07, 6.45) is 1.06. The Morgan fingerprint density at radius 3 is 3.00 bits per heavy atom. The van der Waals surface area contributed by atoms with Crippen molar-refractivity contribution >= 4 is 5.91 Å². The quantitative estimate of drug-likeness (QED) is 0.582. The first-order valence-corrected chi connectivity index (χ1v) is 8.85. The van der Waals surface area contributed by atoms with E-state index in [9.17, 15) is 4.79 Å². The van der Waals surface area contributed by atoms with E-state index in [-0.39, 0.29) is 17.9 Å². The molecule has 2 aliphatic rings. The molecule has 1 amide bonds. The van der Waals surface area contributed by atoms with E-state index in [1.54, 1.807) is 0 Å². The van der Waals surface area contributed by atoms with Crippen LogP contribution in [0.5, 0.6) is 0 Å². The first-order chi connectivity index (χ1) is 11.7. The van der Waals surface area contributed by atoms with Gasteiger partial charge in [0.25, 0.3) is 0 Å². The zero-order chi connectivity index (χ0) is 16.8. The van der Waals surface area contributed by atoms with Gasteiger partial charge in [0.1, 0.15) is 6.04 Å². The number of ether oxygens (including phenoxy) is 1. The van der Waals surface area contributed by atoms with Gasteiger partial charge in [0.05, 0.1) is 13.2 Å². The van der Waals surface area contributed by atoms with Crippen LogP contribution >= 0.6 is 0 Å². The second-order valence-electron chi connectivity index (χ2n) is 6.88. The molecule has 0 bridgehead atoms. The Kier molecular flexibility index (Phi) is 6.20. The highest BCUT2D eigenvalue weighted by Crippen LogP contribution is 2.20. The molecule has 2 aliphatic heterocycles. The van der Waals surface area contributed by atoms with E-state index >= 15 is 0 Å². The summed E-state index contributed by atoms with van der Waals surface area (Å²) >= 11 is 0. The molecule has 2 fully saturated rings.